The number of hydrogen-bond donors (Lipinski definition) is 1. The SMILES string of the molecule is Cc1c(C#N)c(NC(=O)CN(C)C2CCCCC2)n(-c2ccc(F)cc2)c1C. The molecule has 1 aromatic heterocycles. The minimum Gasteiger partial charge on any atom is -0.310 e. The van der Waals surface area contributed by atoms with Crippen LogP contribution >= 0.6 is 0 Å². The molecule has 0 unspecified atom stereocenters. The van der Waals surface area contributed by atoms with E-state index in [9.17, 15) is 14.4 Å². The van der Waals surface area contributed by atoms with Crippen LogP contribution in [0.2, 0.25) is 0 Å². The van der Waals surface area contributed by atoms with E-state index in [0.29, 0.717) is 23.1 Å². The Bertz CT molecular complexity index is 889. The van der Waals surface area contributed by atoms with E-state index < -0.39 is 0 Å². The lowest BCUT2D eigenvalue weighted by atomic mass is 9.94. The zero-order valence-corrected chi connectivity index (χ0v) is 16.8. The molecule has 0 bridgehead atoms. The van der Waals surface area contributed by atoms with Crippen molar-refractivity contribution in [3.8, 4) is 11.8 Å². The predicted molar refractivity (Wildman–Crippen MR) is 108 cm³/mol. The molecule has 3 rings (SSSR count). The topological polar surface area (TPSA) is 61.1 Å². The van der Waals surface area contributed by atoms with Gasteiger partial charge in [-0.2, -0.15) is 5.26 Å². The maximum atomic E-state index is 13.3. The molecule has 1 fully saturated rings. The maximum absolute atomic E-state index is 13.3. The van der Waals surface area contributed by atoms with Crippen LogP contribution in [-0.4, -0.2) is 35.0 Å². The molecule has 148 valence electrons. The maximum Gasteiger partial charge on any atom is 0.239 e. The van der Waals surface area contributed by atoms with Crippen LogP contribution in [0.5, 0.6) is 0 Å². The Balaban J connectivity index is 1.86. The number of carbonyl (C=O) groups is 1. The van der Waals surface area contributed by atoms with Crippen molar-refractivity contribution < 1.29 is 9.18 Å². The molecule has 1 saturated carbocycles. The summed E-state index contributed by atoms with van der Waals surface area (Å²) in [6.07, 6.45) is 5.93. The lowest BCUT2D eigenvalue weighted by Gasteiger charge is -2.30. The average Bonchev–Trinajstić information content (AvgIpc) is 2.92. The summed E-state index contributed by atoms with van der Waals surface area (Å²) in [6.45, 7) is 4.03. The third-order valence-electron chi connectivity index (χ3n) is 5.76. The first-order valence-electron chi connectivity index (χ1n) is 9.80. The second-order valence-corrected chi connectivity index (χ2v) is 7.61. The van der Waals surface area contributed by atoms with Crippen molar-refractivity contribution in [2.45, 2.75) is 52.0 Å². The third-order valence-corrected chi connectivity index (χ3v) is 5.76. The van der Waals surface area contributed by atoms with Crippen molar-refractivity contribution in [2.24, 2.45) is 0 Å². The van der Waals surface area contributed by atoms with E-state index in [1.165, 1.54) is 31.4 Å². The number of hydrogen-bond acceptors (Lipinski definition) is 3. The number of anilines is 1. The Hall–Kier alpha value is -2.65. The third kappa shape index (κ3) is 4.10. The van der Waals surface area contributed by atoms with Gasteiger partial charge in [0.25, 0.3) is 0 Å². The fraction of sp³-hybridized carbons (Fsp3) is 0.455. The molecule has 1 amide bonds. The highest BCUT2D eigenvalue weighted by Gasteiger charge is 2.23. The highest BCUT2D eigenvalue weighted by molar-refractivity contribution is 5.93. The molecule has 1 aromatic carbocycles. The zero-order chi connectivity index (χ0) is 20.3. The number of nitrogens with one attached hydrogen (secondary N) is 1. The van der Waals surface area contributed by atoms with Crippen LogP contribution in [0, 0.1) is 31.0 Å². The number of nitrogens with zero attached hydrogens (tertiary/aromatic N) is 3. The second-order valence-electron chi connectivity index (χ2n) is 7.61. The number of benzene rings is 1. The molecular weight excluding hydrogens is 355 g/mol. The van der Waals surface area contributed by atoms with Crippen molar-refractivity contribution in [2.75, 3.05) is 18.9 Å². The van der Waals surface area contributed by atoms with Gasteiger partial charge in [-0.25, -0.2) is 4.39 Å². The Labute approximate surface area is 165 Å². The Morgan fingerprint density at radius 2 is 1.89 bits per heavy atom. The molecule has 28 heavy (non-hydrogen) atoms. The van der Waals surface area contributed by atoms with Crippen LogP contribution in [0.4, 0.5) is 10.2 Å². The fourth-order valence-corrected chi connectivity index (χ4v) is 4.02. The van der Waals surface area contributed by atoms with Crippen LogP contribution in [0.3, 0.4) is 0 Å². The van der Waals surface area contributed by atoms with Crippen molar-refractivity contribution >= 4 is 11.7 Å². The van der Waals surface area contributed by atoms with Gasteiger partial charge in [0, 0.05) is 17.4 Å². The molecular formula is C22H27FN4O. The number of likely N-dealkylation sites (N-methyl/N-ethyl adjacent to an activating group) is 1. The summed E-state index contributed by atoms with van der Waals surface area (Å²) in [5.41, 5.74) is 2.80. The highest BCUT2D eigenvalue weighted by Crippen LogP contribution is 2.30. The molecule has 0 atom stereocenters. The van der Waals surface area contributed by atoms with Gasteiger partial charge in [0.05, 0.1) is 12.1 Å². The van der Waals surface area contributed by atoms with Crippen LogP contribution in [0.1, 0.15) is 48.9 Å². The lowest BCUT2D eigenvalue weighted by Crippen LogP contribution is -2.39. The van der Waals surface area contributed by atoms with Gasteiger partial charge in [0.2, 0.25) is 5.91 Å². The Morgan fingerprint density at radius 1 is 1.25 bits per heavy atom. The molecule has 0 spiro atoms. The van der Waals surface area contributed by atoms with Crippen molar-refractivity contribution in [1.82, 2.24) is 9.47 Å². The summed E-state index contributed by atoms with van der Waals surface area (Å²) in [7, 11) is 1.98. The molecule has 0 aliphatic heterocycles. The molecule has 0 saturated heterocycles. The number of carbonyl (C=O) groups excluding carboxylic acids is 1. The quantitative estimate of drug-likeness (QED) is 0.838. The largest absolute Gasteiger partial charge is 0.310 e. The summed E-state index contributed by atoms with van der Waals surface area (Å²) in [5, 5.41) is 12.6. The van der Waals surface area contributed by atoms with E-state index in [2.05, 4.69) is 16.3 Å². The minimum absolute atomic E-state index is 0.148. The first-order valence-corrected chi connectivity index (χ1v) is 9.80. The van der Waals surface area contributed by atoms with Gasteiger partial charge in [-0.15, -0.1) is 0 Å². The number of halogens is 1. The standard InChI is InChI=1S/C22H27FN4O/c1-15-16(2)27(19-11-9-17(23)10-12-19)22(20(15)13-24)25-21(28)14-26(3)18-7-5-4-6-8-18/h9-12,18H,4-8,14H2,1-3H3,(H,25,28). The number of nitriles is 1. The summed E-state index contributed by atoms with van der Waals surface area (Å²) < 4.78 is 15.2. The van der Waals surface area contributed by atoms with Crippen molar-refractivity contribution in [3.63, 3.8) is 0 Å². The highest BCUT2D eigenvalue weighted by atomic mass is 19.1. The summed E-state index contributed by atoms with van der Waals surface area (Å²) in [5.74, 6) is -0.0259. The molecule has 2 aromatic rings. The second kappa shape index (κ2) is 8.57. The summed E-state index contributed by atoms with van der Waals surface area (Å²) >= 11 is 0. The Morgan fingerprint density at radius 3 is 2.50 bits per heavy atom. The minimum atomic E-state index is -0.328. The monoisotopic (exact) mass is 382 g/mol. The van der Waals surface area contributed by atoms with Crippen molar-refractivity contribution in [1.29, 1.82) is 5.26 Å². The van der Waals surface area contributed by atoms with Gasteiger partial charge < -0.3 is 5.32 Å². The van der Waals surface area contributed by atoms with Gasteiger partial charge in [-0.1, -0.05) is 19.3 Å². The first kappa shape index (κ1) is 20.1. The molecule has 1 heterocycles. The van der Waals surface area contributed by atoms with Crippen LogP contribution in [0.25, 0.3) is 5.69 Å². The summed E-state index contributed by atoms with van der Waals surface area (Å²) in [4.78, 5) is 14.9. The van der Waals surface area contributed by atoms with Crippen LogP contribution in [-0.2, 0) is 4.79 Å². The molecule has 0 radical (unpaired) electrons. The van der Waals surface area contributed by atoms with E-state index >= 15 is 0 Å². The summed E-state index contributed by atoms with van der Waals surface area (Å²) in [6, 6.07) is 8.68. The first-order chi connectivity index (χ1) is 13.4. The normalized spacial score (nSPS) is 14.9. The van der Waals surface area contributed by atoms with E-state index in [0.717, 1.165) is 24.1 Å². The van der Waals surface area contributed by atoms with Gasteiger partial charge in [0.15, 0.2) is 0 Å². The van der Waals surface area contributed by atoms with E-state index in [4.69, 9.17) is 0 Å². The molecule has 5 nitrogen and oxygen atoms in total. The average molecular weight is 382 g/mol. The molecule has 1 N–H and O–H groups in total. The van der Waals surface area contributed by atoms with Crippen LogP contribution in [0.15, 0.2) is 24.3 Å². The van der Waals surface area contributed by atoms with Crippen molar-refractivity contribution in [3.05, 3.63) is 46.9 Å². The van der Waals surface area contributed by atoms with E-state index in [-0.39, 0.29) is 18.3 Å². The predicted octanol–water partition coefficient (Wildman–Crippen LogP) is 4.31. The zero-order valence-electron chi connectivity index (χ0n) is 16.8. The number of amides is 1. The van der Waals surface area contributed by atoms with Gasteiger partial charge in [-0.05, 0) is 63.6 Å². The fourth-order valence-electron chi connectivity index (χ4n) is 4.02. The molecule has 6 heteroatoms. The van der Waals surface area contributed by atoms with Gasteiger partial charge in [-0.3, -0.25) is 14.3 Å². The Kier molecular flexibility index (Phi) is 6.15. The number of rotatable bonds is 5. The van der Waals surface area contributed by atoms with Crippen LogP contribution < -0.4 is 5.32 Å². The van der Waals surface area contributed by atoms with E-state index in [1.54, 1.807) is 12.1 Å². The molecule has 1 aliphatic carbocycles. The lowest BCUT2D eigenvalue weighted by molar-refractivity contribution is -0.117. The van der Waals surface area contributed by atoms with E-state index in [1.807, 2.05) is 25.5 Å². The van der Waals surface area contributed by atoms with Gasteiger partial charge in [0.1, 0.15) is 17.7 Å². The van der Waals surface area contributed by atoms with Gasteiger partial charge >= 0.3 is 0 Å². The molecule has 1 aliphatic rings. The number of aromatic nitrogens is 1. The smallest absolute Gasteiger partial charge is 0.239 e.